The zero-order valence-electron chi connectivity index (χ0n) is 16.3. The van der Waals surface area contributed by atoms with E-state index >= 15 is 0 Å². The first-order valence-corrected chi connectivity index (χ1v) is 11.4. The maximum absolute atomic E-state index is 13.0. The summed E-state index contributed by atoms with van der Waals surface area (Å²) in [6.07, 6.45) is 2.87. The molecule has 2 amide bonds. The molecular formula is C22H25BrN2O4. The van der Waals surface area contributed by atoms with Crippen molar-refractivity contribution in [2.45, 2.75) is 37.1 Å². The lowest BCUT2D eigenvalue weighted by atomic mass is 9.79. The molecule has 1 aromatic rings. The van der Waals surface area contributed by atoms with Crippen LogP contribution in [0.25, 0.3) is 0 Å². The zero-order valence-corrected chi connectivity index (χ0v) is 17.9. The Bertz CT molecular complexity index is 849. The molecule has 1 N–H and O–H groups in total. The standard InChI is InChI=1S/C22H25BrN2O4/c1-11-6-8-25(9-7-11)21(27)12-2-4-13(5-3-12)24-20(26)16-14-10-15-17(16)22(28)29-19(15)18(14)23/h2-5,11,14-19H,6-10H2,1H3,(H,24,26)/t14-,15-,16-,17+,18+,19+/m1/s1. The van der Waals surface area contributed by atoms with Gasteiger partial charge in [0.25, 0.3) is 5.91 Å². The van der Waals surface area contributed by atoms with Crippen LogP contribution in [0.15, 0.2) is 24.3 Å². The summed E-state index contributed by atoms with van der Waals surface area (Å²) < 4.78 is 5.48. The molecule has 6 nitrogen and oxygen atoms in total. The number of fused-ring (bicyclic) bond motifs is 1. The van der Waals surface area contributed by atoms with E-state index in [1.165, 1.54) is 0 Å². The highest BCUT2D eigenvalue weighted by Crippen LogP contribution is 2.60. The van der Waals surface area contributed by atoms with Crippen molar-refractivity contribution < 1.29 is 19.1 Å². The number of piperidine rings is 1. The van der Waals surface area contributed by atoms with Crippen molar-refractivity contribution in [1.29, 1.82) is 0 Å². The average molecular weight is 461 g/mol. The van der Waals surface area contributed by atoms with Crippen molar-refractivity contribution in [3.05, 3.63) is 29.8 Å². The third-order valence-electron chi connectivity index (χ3n) is 7.30. The molecule has 6 atom stereocenters. The summed E-state index contributed by atoms with van der Waals surface area (Å²) in [6.45, 7) is 3.82. The molecule has 0 aromatic heterocycles. The van der Waals surface area contributed by atoms with E-state index in [9.17, 15) is 14.4 Å². The van der Waals surface area contributed by atoms with E-state index in [1.807, 2.05) is 4.90 Å². The SMILES string of the molecule is CC1CCN(C(=O)c2ccc(NC(=O)[C@@H]3[C@H]4C[C@H]5[C@H](OC(=O)[C@@H]53)[C@H]4Br)cc2)CC1. The number of carbonyl (C=O) groups is 3. The molecule has 0 unspecified atom stereocenters. The van der Waals surface area contributed by atoms with Crippen LogP contribution in [-0.2, 0) is 14.3 Å². The monoisotopic (exact) mass is 460 g/mol. The van der Waals surface area contributed by atoms with E-state index in [-0.39, 0.29) is 52.4 Å². The fourth-order valence-corrected chi connectivity index (χ4v) is 6.69. The third-order valence-corrected chi connectivity index (χ3v) is 8.50. The predicted octanol–water partition coefficient (Wildman–Crippen LogP) is 3.07. The Morgan fingerprint density at radius 3 is 2.52 bits per heavy atom. The van der Waals surface area contributed by atoms with E-state index in [4.69, 9.17) is 4.74 Å². The summed E-state index contributed by atoms with van der Waals surface area (Å²) in [4.78, 5) is 39.8. The van der Waals surface area contributed by atoms with Gasteiger partial charge in [0.1, 0.15) is 6.10 Å². The lowest BCUT2D eigenvalue weighted by molar-refractivity contribution is -0.145. The number of nitrogens with zero attached hydrogens (tertiary/aromatic N) is 1. The molecule has 4 fully saturated rings. The largest absolute Gasteiger partial charge is 0.461 e. The second kappa shape index (κ2) is 7.11. The second-order valence-electron chi connectivity index (χ2n) is 9.00. The predicted molar refractivity (Wildman–Crippen MR) is 111 cm³/mol. The smallest absolute Gasteiger partial charge is 0.310 e. The van der Waals surface area contributed by atoms with Crippen molar-refractivity contribution in [3.63, 3.8) is 0 Å². The lowest BCUT2D eigenvalue weighted by Gasteiger charge is -2.30. The van der Waals surface area contributed by atoms with E-state index in [0.717, 1.165) is 32.4 Å². The number of halogens is 1. The van der Waals surface area contributed by atoms with Gasteiger partial charge in [-0.15, -0.1) is 0 Å². The zero-order chi connectivity index (χ0) is 20.3. The van der Waals surface area contributed by atoms with Gasteiger partial charge in [0.15, 0.2) is 0 Å². The normalized spacial score (nSPS) is 35.7. The fraction of sp³-hybridized carbons (Fsp3) is 0.591. The molecule has 7 heteroatoms. The van der Waals surface area contributed by atoms with E-state index in [0.29, 0.717) is 17.2 Å². The van der Waals surface area contributed by atoms with Gasteiger partial charge in [-0.1, -0.05) is 22.9 Å². The van der Waals surface area contributed by atoms with Crippen LogP contribution in [0.1, 0.15) is 36.5 Å². The molecule has 0 radical (unpaired) electrons. The van der Waals surface area contributed by atoms with Gasteiger partial charge < -0.3 is 15.0 Å². The summed E-state index contributed by atoms with van der Waals surface area (Å²) in [5, 5.41) is 2.95. The van der Waals surface area contributed by atoms with Crippen molar-refractivity contribution in [1.82, 2.24) is 4.90 Å². The summed E-state index contributed by atoms with van der Waals surface area (Å²) in [7, 11) is 0. The number of carbonyl (C=O) groups excluding carboxylic acids is 3. The highest BCUT2D eigenvalue weighted by Gasteiger charge is 2.67. The molecule has 2 saturated carbocycles. The molecule has 0 spiro atoms. The van der Waals surface area contributed by atoms with Crippen molar-refractivity contribution in [3.8, 4) is 0 Å². The molecule has 29 heavy (non-hydrogen) atoms. The topological polar surface area (TPSA) is 75.7 Å². The number of benzene rings is 1. The Kier molecular flexibility index (Phi) is 4.68. The lowest BCUT2D eigenvalue weighted by Crippen LogP contribution is -2.40. The van der Waals surface area contributed by atoms with Crippen LogP contribution >= 0.6 is 15.9 Å². The van der Waals surface area contributed by atoms with Crippen LogP contribution in [-0.4, -0.2) is 46.7 Å². The Hall–Kier alpha value is -1.89. The average Bonchev–Trinajstić information content (AvgIpc) is 3.33. The van der Waals surface area contributed by atoms with Gasteiger partial charge in [0.05, 0.1) is 16.7 Å². The van der Waals surface area contributed by atoms with Crippen LogP contribution in [0.4, 0.5) is 5.69 Å². The molecule has 2 saturated heterocycles. The number of esters is 1. The molecule has 5 rings (SSSR count). The molecular weight excluding hydrogens is 436 g/mol. The molecule has 154 valence electrons. The maximum Gasteiger partial charge on any atom is 0.310 e. The number of anilines is 1. The Labute approximate surface area is 178 Å². The molecule has 2 aliphatic carbocycles. The number of nitrogens with one attached hydrogen (secondary N) is 1. The molecule has 2 aliphatic heterocycles. The van der Waals surface area contributed by atoms with Gasteiger partial charge in [-0.3, -0.25) is 14.4 Å². The Morgan fingerprint density at radius 1 is 1.14 bits per heavy atom. The minimum Gasteiger partial charge on any atom is -0.461 e. The van der Waals surface area contributed by atoms with Gasteiger partial charge >= 0.3 is 5.97 Å². The van der Waals surface area contributed by atoms with E-state index in [2.05, 4.69) is 28.2 Å². The number of ether oxygens (including phenoxy) is 1. The van der Waals surface area contributed by atoms with Gasteiger partial charge in [-0.05, 0) is 55.4 Å². The number of alkyl halides is 1. The minimum atomic E-state index is -0.354. The van der Waals surface area contributed by atoms with Gasteiger partial charge in [0, 0.05) is 30.3 Å². The molecule has 4 aliphatic rings. The third kappa shape index (κ3) is 3.09. The number of hydrogen-bond acceptors (Lipinski definition) is 4. The summed E-state index contributed by atoms with van der Waals surface area (Å²) in [6, 6.07) is 7.08. The molecule has 1 aromatic carbocycles. The van der Waals surface area contributed by atoms with Gasteiger partial charge in [-0.25, -0.2) is 0 Å². The number of rotatable bonds is 3. The first-order valence-electron chi connectivity index (χ1n) is 10.5. The van der Waals surface area contributed by atoms with Gasteiger partial charge in [0.2, 0.25) is 5.91 Å². The van der Waals surface area contributed by atoms with E-state index in [1.54, 1.807) is 24.3 Å². The van der Waals surface area contributed by atoms with Crippen molar-refractivity contribution >= 4 is 39.4 Å². The van der Waals surface area contributed by atoms with Crippen LogP contribution in [0, 0.1) is 29.6 Å². The maximum atomic E-state index is 13.0. The minimum absolute atomic E-state index is 0.0461. The quantitative estimate of drug-likeness (QED) is 0.555. The first-order chi connectivity index (χ1) is 13.9. The number of hydrogen-bond donors (Lipinski definition) is 1. The highest BCUT2D eigenvalue weighted by molar-refractivity contribution is 9.09. The number of likely N-dealkylation sites (tertiary alicyclic amines) is 1. The summed E-state index contributed by atoms with van der Waals surface area (Å²) in [5.41, 5.74) is 1.29. The molecule has 2 bridgehead atoms. The number of amides is 2. The Balaban J connectivity index is 1.25. The second-order valence-corrected chi connectivity index (χ2v) is 10.1. The van der Waals surface area contributed by atoms with E-state index < -0.39 is 0 Å². The summed E-state index contributed by atoms with van der Waals surface area (Å²) >= 11 is 3.64. The van der Waals surface area contributed by atoms with Gasteiger partial charge in [-0.2, -0.15) is 0 Å². The summed E-state index contributed by atoms with van der Waals surface area (Å²) in [5.74, 6) is -0.0365. The first kappa shape index (κ1) is 19.1. The van der Waals surface area contributed by atoms with Crippen LogP contribution < -0.4 is 5.32 Å². The molecule has 2 heterocycles. The fourth-order valence-electron chi connectivity index (χ4n) is 5.65. The van der Waals surface area contributed by atoms with Crippen LogP contribution in [0.2, 0.25) is 0 Å². The van der Waals surface area contributed by atoms with Crippen LogP contribution in [0.5, 0.6) is 0 Å². The van der Waals surface area contributed by atoms with Crippen molar-refractivity contribution in [2.24, 2.45) is 29.6 Å². The van der Waals surface area contributed by atoms with Crippen LogP contribution in [0.3, 0.4) is 0 Å². The highest BCUT2D eigenvalue weighted by atomic mass is 79.9. The van der Waals surface area contributed by atoms with Crippen molar-refractivity contribution in [2.75, 3.05) is 18.4 Å². The Morgan fingerprint density at radius 2 is 1.83 bits per heavy atom.